The minimum Gasteiger partial charge on any atom is -0.358 e. The summed E-state index contributed by atoms with van der Waals surface area (Å²) in [6.07, 6.45) is 0.986. The predicted molar refractivity (Wildman–Crippen MR) is 109 cm³/mol. The third-order valence-electron chi connectivity index (χ3n) is 6.20. The number of fused-ring (bicyclic) bond motifs is 3. The minimum absolute atomic E-state index is 0.0338. The van der Waals surface area contributed by atoms with Crippen molar-refractivity contribution in [1.29, 1.82) is 0 Å². The van der Waals surface area contributed by atoms with E-state index in [-0.39, 0.29) is 17.2 Å². The average molecular weight is 369 g/mol. The van der Waals surface area contributed by atoms with Gasteiger partial charge in [0.25, 0.3) is 0 Å². The number of aromatic nitrogens is 1. The van der Waals surface area contributed by atoms with Gasteiger partial charge in [-0.2, -0.15) is 0 Å². The van der Waals surface area contributed by atoms with Gasteiger partial charge in [0.15, 0.2) is 0 Å². The summed E-state index contributed by atoms with van der Waals surface area (Å²) in [4.78, 5) is 15.0. The van der Waals surface area contributed by atoms with Crippen molar-refractivity contribution in [2.75, 3.05) is 12.4 Å². The van der Waals surface area contributed by atoms with Gasteiger partial charge >= 0.3 is 0 Å². The van der Waals surface area contributed by atoms with E-state index in [1.165, 1.54) is 32.9 Å². The molecule has 0 bridgehead atoms. The van der Waals surface area contributed by atoms with Crippen LogP contribution in [-0.2, 0) is 4.79 Å². The Hall–Kier alpha value is -2.00. The number of benzene rings is 2. The number of hydrogen-bond donors (Lipinski definition) is 2. The van der Waals surface area contributed by atoms with Crippen LogP contribution in [0.25, 0.3) is 21.7 Å². The van der Waals surface area contributed by atoms with E-state index in [4.69, 9.17) is 11.6 Å². The Morgan fingerprint density at radius 3 is 2.73 bits per heavy atom. The Morgan fingerprint density at radius 1 is 1.19 bits per heavy atom. The number of halogens is 1. The fourth-order valence-corrected chi connectivity index (χ4v) is 4.85. The maximum absolute atomic E-state index is 11.4. The minimum atomic E-state index is -0.0867. The number of rotatable bonds is 5. The Labute approximate surface area is 159 Å². The zero-order valence-electron chi connectivity index (χ0n) is 15.5. The number of aryl methyl sites for hydroxylation is 1. The van der Waals surface area contributed by atoms with Crippen LogP contribution in [0.3, 0.4) is 0 Å². The van der Waals surface area contributed by atoms with E-state index in [9.17, 15) is 4.79 Å². The van der Waals surface area contributed by atoms with Crippen LogP contribution in [0.15, 0.2) is 36.4 Å². The number of nitrogens with one attached hydrogen (secondary N) is 2. The largest absolute Gasteiger partial charge is 0.358 e. The molecule has 1 amide bonds. The number of amides is 1. The molecule has 1 aliphatic carbocycles. The van der Waals surface area contributed by atoms with Crippen molar-refractivity contribution in [2.24, 2.45) is 11.3 Å². The summed E-state index contributed by atoms with van der Waals surface area (Å²) in [5.74, 6) is 1.04. The van der Waals surface area contributed by atoms with Crippen molar-refractivity contribution in [1.82, 2.24) is 10.3 Å². The van der Waals surface area contributed by atoms with E-state index in [0.717, 1.165) is 6.42 Å². The molecular weight excluding hydrogens is 344 g/mol. The van der Waals surface area contributed by atoms with Gasteiger partial charge in [0, 0.05) is 23.0 Å². The Bertz CT molecular complexity index is 988. The summed E-state index contributed by atoms with van der Waals surface area (Å²) in [5.41, 5.74) is 4.20. The first kappa shape index (κ1) is 17.4. The second-order valence-corrected chi connectivity index (χ2v) is 8.32. The van der Waals surface area contributed by atoms with Crippen molar-refractivity contribution in [3.05, 3.63) is 47.7 Å². The van der Waals surface area contributed by atoms with Gasteiger partial charge in [0.1, 0.15) is 5.88 Å². The molecule has 26 heavy (non-hydrogen) atoms. The lowest BCUT2D eigenvalue weighted by atomic mass is 9.98. The molecule has 1 fully saturated rings. The molecule has 0 saturated heterocycles. The van der Waals surface area contributed by atoms with Crippen molar-refractivity contribution in [3.63, 3.8) is 0 Å². The quantitative estimate of drug-likeness (QED) is 0.603. The average Bonchev–Trinajstić information content (AvgIpc) is 2.99. The second kappa shape index (κ2) is 6.31. The Morgan fingerprint density at radius 2 is 1.96 bits per heavy atom. The molecule has 0 aliphatic heterocycles. The number of aromatic amines is 1. The van der Waals surface area contributed by atoms with E-state index >= 15 is 0 Å². The lowest BCUT2D eigenvalue weighted by molar-refractivity contribution is -0.118. The van der Waals surface area contributed by atoms with Crippen molar-refractivity contribution < 1.29 is 4.79 Å². The molecule has 4 rings (SSSR count). The van der Waals surface area contributed by atoms with Crippen molar-refractivity contribution in [3.8, 4) is 0 Å². The molecule has 4 heteroatoms. The van der Waals surface area contributed by atoms with Crippen LogP contribution in [0.2, 0.25) is 0 Å². The normalized spacial score (nSPS) is 21.2. The van der Waals surface area contributed by atoms with Crippen molar-refractivity contribution in [2.45, 2.75) is 33.1 Å². The first-order chi connectivity index (χ1) is 12.4. The van der Waals surface area contributed by atoms with Crippen LogP contribution in [0.1, 0.15) is 37.4 Å². The molecule has 2 aromatic carbocycles. The lowest BCUT2D eigenvalue weighted by Crippen LogP contribution is -2.25. The number of H-pyrrole nitrogens is 1. The molecule has 2 atom stereocenters. The monoisotopic (exact) mass is 368 g/mol. The number of alkyl halides is 1. The zero-order valence-corrected chi connectivity index (χ0v) is 16.3. The van der Waals surface area contributed by atoms with Gasteiger partial charge in [-0.05, 0) is 41.5 Å². The number of hydrogen-bond acceptors (Lipinski definition) is 1. The van der Waals surface area contributed by atoms with E-state index in [2.05, 4.69) is 67.5 Å². The molecule has 136 valence electrons. The first-order valence-corrected chi connectivity index (χ1v) is 9.81. The summed E-state index contributed by atoms with van der Waals surface area (Å²) in [6, 6.07) is 13.0. The molecule has 1 aliphatic rings. The standard InChI is InChI=1S/C22H25ClN2O/c1-13-19(20-17(22(20,2)3)10-11-24-18(26)12-23)16-9-8-14-6-4-5-7-15(14)21(16)25-13/h4-9,17,20,25H,10-12H2,1-3H3,(H,24,26)/t17-,20-/m0/s1. The molecule has 1 heterocycles. The summed E-state index contributed by atoms with van der Waals surface area (Å²) < 4.78 is 0. The van der Waals surface area contributed by atoms with Gasteiger partial charge < -0.3 is 10.3 Å². The molecule has 0 spiro atoms. The molecule has 1 aromatic heterocycles. The molecule has 0 radical (unpaired) electrons. The van der Waals surface area contributed by atoms with Gasteiger partial charge in [-0.15, -0.1) is 11.6 Å². The highest BCUT2D eigenvalue weighted by atomic mass is 35.5. The lowest BCUT2D eigenvalue weighted by Gasteiger charge is -2.04. The molecule has 0 unspecified atom stereocenters. The third kappa shape index (κ3) is 2.69. The third-order valence-corrected chi connectivity index (χ3v) is 6.44. The summed E-state index contributed by atoms with van der Waals surface area (Å²) in [6.45, 7) is 7.56. The van der Waals surface area contributed by atoms with Crippen LogP contribution in [0.4, 0.5) is 0 Å². The molecule has 3 nitrogen and oxygen atoms in total. The SMILES string of the molecule is Cc1[nH]c2c(ccc3ccccc32)c1[C@@H]1[C@H](CCNC(=O)CCl)C1(C)C. The van der Waals surface area contributed by atoms with Crippen LogP contribution < -0.4 is 5.32 Å². The number of carbonyl (C=O) groups excluding carboxylic acids is 1. The van der Waals surface area contributed by atoms with E-state index < -0.39 is 0 Å². The van der Waals surface area contributed by atoms with Crippen molar-refractivity contribution >= 4 is 39.2 Å². The zero-order chi connectivity index (χ0) is 18.5. The Kier molecular flexibility index (Phi) is 4.23. The molecule has 1 saturated carbocycles. The molecule has 2 N–H and O–H groups in total. The summed E-state index contributed by atoms with van der Waals surface area (Å²) >= 11 is 5.57. The smallest absolute Gasteiger partial charge is 0.234 e. The fraction of sp³-hybridized carbons (Fsp3) is 0.409. The van der Waals surface area contributed by atoms with E-state index in [1.807, 2.05) is 0 Å². The highest BCUT2D eigenvalue weighted by molar-refractivity contribution is 6.27. The maximum atomic E-state index is 11.4. The van der Waals surface area contributed by atoms with Crippen LogP contribution >= 0.6 is 11.6 Å². The predicted octanol–water partition coefficient (Wildman–Crippen LogP) is 5.11. The molecular formula is C22H25ClN2O. The van der Waals surface area contributed by atoms with Gasteiger partial charge in [-0.25, -0.2) is 0 Å². The highest BCUT2D eigenvalue weighted by Gasteiger charge is 2.58. The van der Waals surface area contributed by atoms with E-state index in [1.54, 1.807) is 0 Å². The summed E-state index contributed by atoms with van der Waals surface area (Å²) in [5, 5.41) is 6.79. The maximum Gasteiger partial charge on any atom is 0.234 e. The van der Waals surface area contributed by atoms with Gasteiger partial charge in [0.2, 0.25) is 5.91 Å². The molecule has 3 aromatic rings. The number of carbonyl (C=O) groups is 1. The summed E-state index contributed by atoms with van der Waals surface area (Å²) in [7, 11) is 0. The van der Waals surface area contributed by atoms with Crippen LogP contribution in [-0.4, -0.2) is 23.3 Å². The van der Waals surface area contributed by atoms with Gasteiger partial charge in [-0.3, -0.25) is 4.79 Å². The highest BCUT2D eigenvalue weighted by Crippen LogP contribution is 2.67. The Balaban J connectivity index is 1.67. The first-order valence-electron chi connectivity index (χ1n) is 9.27. The van der Waals surface area contributed by atoms with E-state index in [0.29, 0.717) is 18.4 Å². The fourth-order valence-electron chi connectivity index (χ4n) is 4.76. The van der Waals surface area contributed by atoms with Gasteiger partial charge in [0.05, 0.1) is 5.52 Å². The van der Waals surface area contributed by atoms with Crippen LogP contribution in [0, 0.1) is 18.3 Å². The van der Waals surface area contributed by atoms with Crippen LogP contribution in [0.5, 0.6) is 0 Å². The topological polar surface area (TPSA) is 44.9 Å². The van der Waals surface area contributed by atoms with Gasteiger partial charge in [-0.1, -0.05) is 50.2 Å². The second-order valence-electron chi connectivity index (χ2n) is 8.05.